The van der Waals surface area contributed by atoms with Crippen molar-refractivity contribution in [1.29, 1.82) is 5.41 Å². The summed E-state index contributed by atoms with van der Waals surface area (Å²) in [5, 5.41) is 15.8. The lowest BCUT2D eigenvalue weighted by Crippen LogP contribution is -2.32. The Bertz CT molecular complexity index is 2360. The van der Waals surface area contributed by atoms with Gasteiger partial charge in [0.2, 0.25) is 6.79 Å². The zero-order valence-electron chi connectivity index (χ0n) is 25.0. The maximum atomic E-state index is 14.1. The van der Waals surface area contributed by atoms with Crippen molar-refractivity contribution in [2.75, 3.05) is 17.4 Å². The third kappa shape index (κ3) is 5.12. The first-order valence-electron chi connectivity index (χ1n) is 15.2. The van der Waals surface area contributed by atoms with Crippen LogP contribution in [0.4, 0.5) is 10.7 Å². The molecule has 234 valence electrons. The number of carbonyl (C=O) groups is 2. The molecule has 0 atom stereocenters. The maximum absolute atomic E-state index is 14.1. The lowest BCUT2D eigenvalue weighted by molar-refractivity contribution is 0.102. The molecule has 2 aliphatic rings. The number of pyridine rings is 2. The van der Waals surface area contributed by atoms with Crippen LogP contribution in [0.2, 0.25) is 0 Å². The van der Waals surface area contributed by atoms with Crippen LogP contribution in [0.3, 0.4) is 0 Å². The summed E-state index contributed by atoms with van der Waals surface area (Å²) in [6.07, 6.45) is 5.15. The Hall–Kier alpha value is -5.75. The molecule has 5 heterocycles. The minimum Gasteiger partial charge on any atom is -0.454 e. The lowest BCUT2D eigenvalue weighted by atomic mass is 9.95. The van der Waals surface area contributed by atoms with Crippen LogP contribution in [0.1, 0.15) is 49.6 Å². The van der Waals surface area contributed by atoms with Gasteiger partial charge in [-0.05, 0) is 79.3 Å². The maximum Gasteiger partial charge on any atom is 0.267 e. The van der Waals surface area contributed by atoms with Gasteiger partial charge in [0.05, 0.1) is 23.1 Å². The van der Waals surface area contributed by atoms with Crippen LogP contribution < -0.4 is 31.2 Å². The van der Waals surface area contributed by atoms with E-state index in [1.807, 2.05) is 42.5 Å². The second-order valence-corrected chi connectivity index (χ2v) is 12.6. The standard InChI is InChI=1S/C35H28N6O5S/c36-30-23(32(42)39-34-29(22-10-4-5-11-27(22)47-34)33(43)37-21-8-2-1-3-9-21)17-24-31(38-28-12-6-7-15-40(28)35(24)44)41(30)18-20-13-14-25-26(16-20)46-19-45-25/h1-3,6-9,12-17,36H,4-5,10-11,18-19H2,(H,37,43)(H,39,42). The van der Waals surface area contributed by atoms with Gasteiger partial charge in [-0.2, -0.15) is 0 Å². The van der Waals surface area contributed by atoms with Crippen molar-refractivity contribution in [2.24, 2.45) is 0 Å². The number of fused-ring (bicyclic) bond motifs is 4. The Morgan fingerprint density at radius 3 is 2.60 bits per heavy atom. The number of thiophene rings is 1. The number of rotatable bonds is 6. The normalized spacial score (nSPS) is 13.4. The molecule has 47 heavy (non-hydrogen) atoms. The molecule has 0 fully saturated rings. The Kier molecular flexibility index (Phi) is 7.06. The van der Waals surface area contributed by atoms with Gasteiger partial charge in [-0.1, -0.05) is 30.3 Å². The van der Waals surface area contributed by atoms with Crippen LogP contribution in [-0.2, 0) is 19.4 Å². The second-order valence-electron chi connectivity index (χ2n) is 11.5. The molecule has 0 radical (unpaired) electrons. The van der Waals surface area contributed by atoms with Gasteiger partial charge in [-0.3, -0.25) is 24.2 Å². The number of amides is 2. The van der Waals surface area contributed by atoms with E-state index in [1.165, 1.54) is 21.8 Å². The number of aromatic nitrogens is 3. The van der Waals surface area contributed by atoms with Gasteiger partial charge >= 0.3 is 0 Å². The first-order valence-corrected chi connectivity index (χ1v) is 16.1. The van der Waals surface area contributed by atoms with Gasteiger partial charge in [0.15, 0.2) is 11.5 Å². The Morgan fingerprint density at radius 2 is 1.72 bits per heavy atom. The number of nitrogens with zero attached hydrogens (tertiary/aromatic N) is 3. The zero-order chi connectivity index (χ0) is 32.1. The summed E-state index contributed by atoms with van der Waals surface area (Å²) in [5.74, 6) is 0.300. The van der Waals surface area contributed by atoms with Crippen molar-refractivity contribution in [1.82, 2.24) is 14.0 Å². The molecule has 2 amide bonds. The summed E-state index contributed by atoms with van der Waals surface area (Å²) >= 11 is 1.39. The Balaban J connectivity index is 1.24. The molecule has 0 saturated carbocycles. The number of hydrogen-bond donors (Lipinski definition) is 3. The molecule has 2 aromatic carbocycles. The monoisotopic (exact) mass is 644 g/mol. The van der Waals surface area contributed by atoms with Gasteiger partial charge in [-0.25, -0.2) is 4.98 Å². The largest absolute Gasteiger partial charge is 0.454 e. The van der Waals surface area contributed by atoms with Crippen molar-refractivity contribution in [3.63, 3.8) is 0 Å². The topological polar surface area (TPSA) is 140 Å². The molecule has 1 aliphatic heterocycles. The highest BCUT2D eigenvalue weighted by Gasteiger charge is 2.28. The van der Waals surface area contributed by atoms with E-state index in [4.69, 9.17) is 14.5 Å². The van der Waals surface area contributed by atoms with Gasteiger partial charge in [0, 0.05) is 16.8 Å². The molecule has 0 spiro atoms. The van der Waals surface area contributed by atoms with E-state index in [9.17, 15) is 19.8 Å². The lowest BCUT2D eigenvalue weighted by Gasteiger charge is -2.15. The Labute approximate surface area is 271 Å². The molecule has 6 aromatic rings. The second kappa shape index (κ2) is 11.6. The van der Waals surface area contributed by atoms with Crippen molar-refractivity contribution in [3.05, 3.63) is 122 Å². The summed E-state index contributed by atoms with van der Waals surface area (Å²) in [7, 11) is 0. The van der Waals surface area contributed by atoms with Crippen LogP contribution in [0.15, 0.2) is 83.8 Å². The van der Waals surface area contributed by atoms with Crippen LogP contribution in [0, 0.1) is 5.41 Å². The summed E-state index contributed by atoms with van der Waals surface area (Å²) < 4.78 is 14.0. The Morgan fingerprint density at radius 1 is 0.915 bits per heavy atom. The van der Waals surface area contributed by atoms with Crippen molar-refractivity contribution in [3.8, 4) is 11.5 Å². The van der Waals surface area contributed by atoms with E-state index in [-0.39, 0.29) is 46.9 Å². The summed E-state index contributed by atoms with van der Waals surface area (Å²) in [6.45, 7) is 0.261. The first-order chi connectivity index (χ1) is 22.9. The highest BCUT2D eigenvalue weighted by molar-refractivity contribution is 7.17. The minimum absolute atomic E-state index is 0.0196. The van der Waals surface area contributed by atoms with Gasteiger partial charge < -0.3 is 24.7 Å². The average Bonchev–Trinajstić information content (AvgIpc) is 3.70. The smallest absolute Gasteiger partial charge is 0.267 e. The molecule has 12 heteroatoms. The van der Waals surface area contributed by atoms with Crippen LogP contribution >= 0.6 is 11.3 Å². The fourth-order valence-electron chi connectivity index (χ4n) is 6.22. The number of carbonyl (C=O) groups excluding carboxylic acids is 2. The number of anilines is 2. The first kappa shape index (κ1) is 28.7. The fraction of sp³-hybridized carbons (Fsp3) is 0.171. The predicted molar refractivity (Wildman–Crippen MR) is 178 cm³/mol. The highest BCUT2D eigenvalue weighted by Crippen LogP contribution is 2.39. The summed E-state index contributed by atoms with van der Waals surface area (Å²) in [6, 6.07) is 21.3. The molecule has 3 N–H and O–H groups in total. The number of ether oxygens (including phenoxy) is 2. The van der Waals surface area contributed by atoms with Gasteiger partial charge in [-0.15, -0.1) is 11.3 Å². The highest BCUT2D eigenvalue weighted by atomic mass is 32.1. The summed E-state index contributed by atoms with van der Waals surface area (Å²) in [5.41, 5.74) is 2.98. The van der Waals surface area contributed by atoms with E-state index in [0.717, 1.165) is 41.7 Å². The van der Waals surface area contributed by atoms with E-state index in [1.54, 1.807) is 35.0 Å². The van der Waals surface area contributed by atoms with Crippen LogP contribution in [0.25, 0.3) is 16.7 Å². The molecule has 0 bridgehead atoms. The van der Waals surface area contributed by atoms with Crippen molar-refractivity contribution in [2.45, 2.75) is 32.2 Å². The number of hydrogen-bond acceptors (Lipinski definition) is 8. The fourth-order valence-corrected chi connectivity index (χ4v) is 7.50. The summed E-state index contributed by atoms with van der Waals surface area (Å²) in [4.78, 5) is 47.4. The third-order valence-corrected chi connectivity index (χ3v) is 9.70. The molecule has 1 aliphatic carbocycles. The molecular formula is C35H28N6O5S. The molecule has 4 aromatic heterocycles. The van der Waals surface area contributed by atoms with Crippen LogP contribution in [0.5, 0.6) is 11.5 Å². The number of para-hydroxylation sites is 1. The quantitative estimate of drug-likeness (QED) is 0.209. The number of aryl methyl sites for hydroxylation is 1. The average molecular weight is 645 g/mol. The van der Waals surface area contributed by atoms with E-state index < -0.39 is 5.91 Å². The molecular weight excluding hydrogens is 616 g/mol. The number of benzene rings is 2. The third-order valence-electron chi connectivity index (χ3n) is 8.50. The van der Waals surface area contributed by atoms with Gasteiger partial charge in [0.25, 0.3) is 17.4 Å². The molecule has 0 unspecified atom stereocenters. The predicted octanol–water partition coefficient (Wildman–Crippen LogP) is 5.35. The van der Waals surface area contributed by atoms with Crippen molar-refractivity contribution < 1.29 is 19.1 Å². The van der Waals surface area contributed by atoms with E-state index >= 15 is 0 Å². The molecule has 8 rings (SSSR count). The van der Waals surface area contributed by atoms with Gasteiger partial charge in [0.1, 0.15) is 21.8 Å². The van der Waals surface area contributed by atoms with Crippen LogP contribution in [-0.4, -0.2) is 32.6 Å². The number of nitrogens with one attached hydrogen (secondary N) is 3. The van der Waals surface area contributed by atoms with Crippen molar-refractivity contribution >= 4 is 50.5 Å². The molecule has 11 nitrogen and oxygen atoms in total. The minimum atomic E-state index is -0.596. The SMILES string of the molecule is N=c1c(C(=O)Nc2sc3c(c2C(=O)Nc2ccccc2)CCCC3)cc2c(=O)n3ccccc3nc2n1Cc1ccc2c(c1)OCO2. The van der Waals surface area contributed by atoms with E-state index in [2.05, 4.69) is 10.6 Å². The zero-order valence-corrected chi connectivity index (χ0v) is 25.9. The molecule has 0 saturated heterocycles. The van der Waals surface area contributed by atoms with E-state index in [0.29, 0.717) is 33.4 Å².